The van der Waals surface area contributed by atoms with E-state index in [2.05, 4.69) is 15.9 Å². The van der Waals surface area contributed by atoms with Crippen molar-refractivity contribution in [1.29, 1.82) is 0 Å². The monoisotopic (exact) mass is 323 g/mol. The molecule has 2 rings (SSSR count). The minimum atomic E-state index is 0.0498. The van der Waals surface area contributed by atoms with Crippen molar-refractivity contribution in [3.8, 4) is 0 Å². The van der Waals surface area contributed by atoms with Gasteiger partial charge in [0.15, 0.2) is 0 Å². The van der Waals surface area contributed by atoms with Gasteiger partial charge in [0.05, 0.1) is 0 Å². The average molecular weight is 324 g/mol. The number of hydrogen-bond donors (Lipinski definition) is 0. The van der Waals surface area contributed by atoms with Crippen molar-refractivity contribution in [1.82, 2.24) is 4.90 Å². The Hall–Kier alpha value is -1.16. The maximum atomic E-state index is 12.6. The van der Waals surface area contributed by atoms with Crippen LogP contribution < -0.4 is 0 Å². The van der Waals surface area contributed by atoms with E-state index in [1.807, 2.05) is 30.0 Å². The number of nitrogens with zero attached hydrogens (tertiary/aromatic N) is 1. The SMILES string of the molecule is CC(=O)CC1CCCN1C(=O)c1ccc(Br)cc1C. The first-order chi connectivity index (χ1) is 8.99. The second-order valence-electron chi connectivity index (χ2n) is 5.16. The van der Waals surface area contributed by atoms with Gasteiger partial charge in [0.25, 0.3) is 5.91 Å². The van der Waals surface area contributed by atoms with E-state index in [9.17, 15) is 9.59 Å². The summed E-state index contributed by atoms with van der Waals surface area (Å²) in [6, 6.07) is 5.76. The van der Waals surface area contributed by atoms with Gasteiger partial charge in [-0.05, 0) is 50.5 Å². The fraction of sp³-hybridized carbons (Fsp3) is 0.467. The Morgan fingerprint density at radius 1 is 1.42 bits per heavy atom. The molecule has 19 heavy (non-hydrogen) atoms. The molecule has 1 heterocycles. The summed E-state index contributed by atoms with van der Waals surface area (Å²) in [6.07, 6.45) is 2.39. The van der Waals surface area contributed by atoms with E-state index in [0.29, 0.717) is 6.42 Å². The van der Waals surface area contributed by atoms with Gasteiger partial charge in [0.2, 0.25) is 0 Å². The Balaban J connectivity index is 2.20. The Morgan fingerprint density at radius 3 is 2.79 bits per heavy atom. The lowest BCUT2D eigenvalue weighted by atomic mass is 10.1. The van der Waals surface area contributed by atoms with E-state index >= 15 is 0 Å². The molecule has 0 N–H and O–H groups in total. The highest BCUT2D eigenvalue weighted by molar-refractivity contribution is 9.10. The zero-order valence-corrected chi connectivity index (χ0v) is 12.9. The Bertz CT molecular complexity index is 513. The van der Waals surface area contributed by atoms with Crippen molar-refractivity contribution in [3.63, 3.8) is 0 Å². The van der Waals surface area contributed by atoms with Crippen LogP contribution in [0.3, 0.4) is 0 Å². The molecule has 0 bridgehead atoms. The van der Waals surface area contributed by atoms with E-state index in [4.69, 9.17) is 0 Å². The van der Waals surface area contributed by atoms with E-state index < -0.39 is 0 Å². The number of amides is 1. The van der Waals surface area contributed by atoms with Crippen LogP contribution in [-0.4, -0.2) is 29.2 Å². The molecule has 0 spiro atoms. The number of carbonyl (C=O) groups is 2. The molecule has 1 amide bonds. The van der Waals surface area contributed by atoms with Gasteiger partial charge in [-0.2, -0.15) is 0 Å². The van der Waals surface area contributed by atoms with Crippen LogP contribution in [0.5, 0.6) is 0 Å². The van der Waals surface area contributed by atoms with Gasteiger partial charge in [-0.15, -0.1) is 0 Å². The molecule has 0 radical (unpaired) electrons. The lowest BCUT2D eigenvalue weighted by Crippen LogP contribution is -2.36. The van der Waals surface area contributed by atoms with Crippen molar-refractivity contribution in [2.45, 2.75) is 39.2 Å². The van der Waals surface area contributed by atoms with Crippen molar-refractivity contribution < 1.29 is 9.59 Å². The topological polar surface area (TPSA) is 37.4 Å². The molecule has 1 saturated heterocycles. The first-order valence-corrected chi connectivity index (χ1v) is 7.35. The third-order valence-corrected chi connectivity index (χ3v) is 4.07. The van der Waals surface area contributed by atoms with Gasteiger partial charge in [0.1, 0.15) is 5.78 Å². The van der Waals surface area contributed by atoms with Crippen LogP contribution >= 0.6 is 15.9 Å². The first kappa shape index (κ1) is 14.3. The summed E-state index contributed by atoms with van der Waals surface area (Å²) in [5.74, 6) is 0.200. The molecule has 1 aromatic rings. The predicted octanol–water partition coefficient (Wildman–Crippen LogP) is 3.34. The lowest BCUT2D eigenvalue weighted by Gasteiger charge is -2.24. The van der Waals surface area contributed by atoms with Gasteiger partial charge < -0.3 is 4.90 Å². The number of rotatable bonds is 3. The van der Waals surface area contributed by atoms with Gasteiger partial charge in [0, 0.05) is 29.0 Å². The number of aryl methyl sites for hydroxylation is 1. The summed E-state index contributed by atoms with van der Waals surface area (Å²) < 4.78 is 0.975. The fourth-order valence-corrected chi connectivity index (χ4v) is 3.14. The number of likely N-dealkylation sites (tertiary alicyclic amines) is 1. The Morgan fingerprint density at radius 2 is 2.16 bits per heavy atom. The van der Waals surface area contributed by atoms with Gasteiger partial charge in [-0.3, -0.25) is 9.59 Å². The highest BCUT2D eigenvalue weighted by Gasteiger charge is 2.30. The lowest BCUT2D eigenvalue weighted by molar-refractivity contribution is -0.117. The number of halogens is 1. The third-order valence-electron chi connectivity index (χ3n) is 3.58. The van der Waals surface area contributed by atoms with Gasteiger partial charge >= 0.3 is 0 Å². The molecule has 1 aliphatic rings. The van der Waals surface area contributed by atoms with Gasteiger partial charge in [-0.25, -0.2) is 0 Å². The minimum Gasteiger partial charge on any atom is -0.335 e. The summed E-state index contributed by atoms with van der Waals surface area (Å²) in [6.45, 7) is 4.28. The van der Waals surface area contributed by atoms with Crippen LogP contribution in [0, 0.1) is 6.92 Å². The Kier molecular flexibility index (Phi) is 4.40. The normalized spacial score (nSPS) is 18.7. The molecule has 1 aromatic carbocycles. The molecule has 3 nitrogen and oxygen atoms in total. The molecule has 1 atom stereocenters. The van der Waals surface area contributed by atoms with Crippen molar-refractivity contribution in [2.75, 3.05) is 6.54 Å². The highest BCUT2D eigenvalue weighted by Crippen LogP contribution is 2.25. The number of Topliss-reactive ketones (excluding diaryl/α,β-unsaturated/α-hetero) is 1. The standard InChI is InChI=1S/C15H18BrNO2/c1-10-8-12(16)5-6-14(10)15(19)17-7-3-4-13(17)9-11(2)18/h5-6,8,13H,3-4,7,9H2,1-2H3. The smallest absolute Gasteiger partial charge is 0.254 e. The molecule has 0 saturated carbocycles. The number of hydrogen-bond acceptors (Lipinski definition) is 2. The summed E-state index contributed by atoms with van der Waals surface area (Å²) >= 11 is 3.40. The predicted molar refractivity (Wildman–Crippen MR) is 78.2 cm³/mol. The van der Waals surface area contributed by atoms with Crippen LogP contribution in [-0.2, 0) is 4.79 Å². The van der Waals surface area contributed by atoms with Crippen molar-refractivity contribution >= 4 is 27.6 Å². The Labute approximate surface area is 122 Å². The van der Waals surface area contributed by atoms with E-state index in [1.54, 1.807) is 6.92 Å². The third kappa shape index (κ3) is 3.24. The molecule has 0 aromatic heterocycles. The van der Waals surface area contributed by atoms with Crippen molar-refractivity contribution in [2.24, 2.45) is 0 Å². The fourth-order valence-electron chi connectivity index (χ4n) is 2.67. The van der Waals surface area contributed by atoms with E-state index in [-0.39, 0.29) is 17.7 Å². The molecule has 1 fully saturated rings. The quantitative estimate of drug-likeness (QED) is 0.855. The molecule has 4 heteroatoms. The van der Waals surface area contributed by atoms with Crippen LogP contribution in [0.2, 0.25) is 0 Å². The van der Waals surface area contributed by atoms with E-state index in [1.165, 1.54) is 0 Å². The zero-order valence-electron chi connectivity index (χ0n) is 11.3. The van der Waals surface area contributed by atoms with Crippen LogP contribution in [0.1, 0.15) is 42.1 Å². The average Bonchev–Trinajstić information content (AvgIpc) is 2.75. The summed E-state index contributed by atoms with van der Waals surface area (Å²) in [5, 5.41) is 0. The molecule has 102 valence electrons. The molecule has 1 unspecified atom stereocenters. The van der Waals surface area contributed by atoms with E-state index in [0.717, 1.165) is 35.0 Å². The van der Waals surface area contributed by atoms with Crippen molar-refractivity contribution in [3.05, 3.63) is 33.8 Å². The number of benzene rings is 1. The second kappa shape index (κ2) is 5.87. The van der Waals surface area contributed by atoms with Crippen LogP contribution in [0.4, 0.5) is 0 Å². The maximum Gasteiger partial charge on any atom is 0.254 e. The zero-order chi connectivity index (χ0) is 14.0. The minimum absolute atomic E-state index is 0.0498. The number of ketones is 1. The molecule has 1 aliphatic heterocycles. The molecule has 0 aliphatic carbocycles. The van der Waals surface area contributed by atoms with Crippen LogP contribution in [0.25, 0.3) is 0 Å². The summed E-state index contributed by atoms with van der Waals surface area (Å²) in [4.78, 5) is 25.7. The molecular formula is C15H18BrNO2. The summed E-state index contributed by atoms with van der Waals surface area (Å²) in [7, 11) is 0. The molecular weight excluding hydrogens is 306 g/mol. The van der Waals surface area contributed by atoms with Gasteiger partial charge in [-0.1, -0.05) is 15.9 Å². The first-order valence-electron chi connectivity index (χ1n) is 6.55. The van der Waals surface area contributed by atoms with Crippen LogP contribution in [0.15, 0.2) is 22.7 Å². The largest absolute Gasteiger partial charge is 0.335 e. The second-order valence-corrected chi connectivity index (χ2v) is 6.08. The maximum absolute atomic E-state index is 12.6. The highest BCUT2D eigenvalue weighted by atomic mass is 79.9. The summed E-state index contributed by atoms with van der Waals surface area (Å²) in [5.41, 5.74) is 1.70. The number of carbonyl (C=O) groups excluding carboxylic acids is 2.